The highest BCUT2D eigenvalue weighted by molar-refractivity contribution is 5.29. The highest BCUT2D eigenvalue weighted by Crippen LogP contribution is 2.23. The first-order valence-corrected chi connectivity index (χ1v) is 7.60. The summed E-state index contributed by atoms with van der Waals surface area (Å²) in [4.78, 5) is 4.37. The van der Waals surface area contributed by atoms with Crippen LogP contribution in [0, 0.1) is 12.7 Å². The van der Waals surface area contributed by atoms with Crippen molar-refractivity contribution in [2.75, 3.05) is 6.54 Å². The van der Waals surface area contributed by atoms with E-state index in [2.05, 4.69) is 17.2 Å². The van der Waals surface area contributed by atoms with E-state index >= 15 is 0 Å². The minimum Gasteiger partial charge on any atom is -0.310 e. The number of hydrogen-bond donors (Lipinski definition) is 1. The summed E-state index contributed by atoms with van der Waals surface area (Å²) >= 11 is 0. The van der Waals surface area contributed by atoms with Gasteiger partial charge in [0.1, 0.15) is 5.82 Å². The van der Waals surface area contributed by atoms with Crippen molar-refractivity contribution in [3.63, 3.8) is 0 Å². The van der Waals surface area contributed by atoms with Crippen molar-refractivity contribution in [3.05, 3.63) is 65.2 Å². The maximum atomic E-state index is 13.3. The summed E-state index contributed by atoms with van der Waals surface area (Å²) in [6.45, 7) is 5.09. The first-order valence-electron chi connectivity index (χ1n) is 7.60. The van der Waals surface area contributed by atoms with Gasteiger partial charge in [0, 0.05) is 17.9 Å². The van der Waals surface area contributed by atoms with Crippen molar-refractivity contribution >= 4 is 0 Å². The molecule has 2 aromatic rings. The Labute approximate surface area is 126 Å². The fourth-order valence-corrected chi connectivity index (χ4v) is 2.55. The van der Waals surface area contributed by atoms with Crippen LogP contribution in [0.2, 0.25) is 0 Å². The van der Waals surface area contributed by atoms with Crippen molar-refractivity contribution in [1.29, 1.82) is 0 Å². The van der Waals surface area contributed by atoms with Crippen LogP contribution in [0.3, 0.4) is 0 Å². The Hall–Kier alpha value is -1.74. The van der Waals surface area contributed by atoms with Crippen LogP contribution in [0.1, 0.15) is 42.6 Å². The molecule has 112 valence electrons. The summed E-state index contributed by atoms with van der Waals surface area (Å²) in [5.74, 6) is -0.171. The third-order valence-corrected chi connectivity index (χ3v) is 3.66. The van der Waals surface area contributed by atoms with Gasteiger partial charge in [0.05, 0.1) is 0 Å². The SMILES string of the molecule is CCCNC(CCc1ccccn1)c1ccc(F)cc1C. The molecule has 0 aliphatic carbocycles. The van der Waals surface area contributed by atoms with E-state index in [9.17, 15) is 4.39 Å². The number of nitrogens with one attached hydrogen (secondary N) is 1. The molecule has 0 aliphatic rings. The van der Waals surface area contributed by atoms with E-state index < -0.39 is 0 Å². The monoisotopic (exact) mass is 286 g/mol. The third kappa shape index (κ3) is 4.64. The van der Waals surface area contributed by atoms with E-state index in [1.165, 1.54) is 5.56 Å². The average Bonchev–Trinajstić information content (AvgIpc) is 2.49. The van der Waals surface area contributed by atoms with Gasteiger partial charge in [0.25, 0.3) is 0 Å². The van der Waals surface area contributed by atoms with Crippen molar-refractivity contribution in [2.24, 2.45) is 0 Å². The summed E-state index contributed by atoms with van der Waals surface area (Å²) < 4.78 is 13.3. The van der Waals surface area contributed by atoms with Gasteiger partial charge < -0.3 is 5.32 Å². The maximum absolute atomic E-state index is 13.3. The van der Waals surface area contributed by atoms with E-state index in [1.54, 1.807) is 12.1 Å². The minimum absolute atomic E-state index is 0.171. The van der Waals surface area contributed by atoms with Crippen molar-refractivity contribution in [3.8, 4) is 0 Å². The molecule has 2 nitrogen and oxygen atoms in total. The molecule has 0 fully saturated rings. The quantitative estimate of drug-likeness (QED) is 0.825. The molecule has 0 amide bonds. The first kappa shape index (κ1) is 15.6. The number of aryl methyl sites for hydroxylation is 2. The van der Waals surface area contributed by atoms with Crippen LogP contribution < -0.4 is 5.32 Å². The normalized spacial score (nSPS) is 12.3. The second kappa shape index (κ2) is 7.89. The number of aromatic nitrogens is 1. The fraction of sp³-hybridized carbons (Fsp3) is 0.389. The van der Waals surface area contributed by atoms with Crippen molar-refractivity contribution in [2.45, 2.75) is 39.2 Å². The predicted octanol–water partition coefficient (Wildman–Crippen LogP) is 4.20. The summed E-state index contributed by atoms with van der Waals surface area (Å²) in [6.07, 6.45) is 4.79. The molecule has 0 radical (unpaired) electrons. The molecular formula is C18H23FN2. The molecule has 1 atom stereocenters. The van der Waals surface area contributed by atoms with Gasteiger partial charge in [-0.3, -0.25) is 4.98 Å². The van der Waals surface area contributed by atoms with E-state index in [0.717, 1.165) is 37.1 Å². The van der Waals surface area contributed by atoms with E-state index in [-0.39, 0.29) is 11.9 Å². The topological polar surface area (TPSA) is 24.9 Å². The third-order valence-electron chi connectivity index (χ3n) is 3.66. The molecule has 0 spiro atoms. The molecule has 3 heteroatoms. The number of rotatable bonds is 7. The molecule has 1 aromatic heterocycles. The first-order chi connectivity index (χ1) is 10.2. The molecule has 0 saturated heterocycles. The smallest absolute Gasteiger partial charge is 0.123 e. The number of hydrogen-bond acceptors (Lipinski definition) is 2. The Morgan fingerprint density at radius 3 is 2.76 bits per heavy atom. The Bertz CT molecular complexity index is 554. The van der Waals surface area contributed by atoms with Gasteiger partial charge in [-0.15, -0.1) is 0 Å². The summed E-state index contributed by atoms with van der Waals surface area (Å²) in [6, 6.07) is 11.3. The lowest BCUT2D eigenvalue weighted by Crippen LogP contribution is -2.23. The molecule has 2 rings (SSSR count). The zero-order valence-corrected chi connectivity index (χ0v) is 12.8. The molecule has 1 heterocycles. The van der Waals surface area contributed by atoms with Gasteiger partial charge in [-0.1, -0.05) is 19.1 Å². The fourth-order valence-electron chi connectivity index (χ4n) is 2.55. The number of halogens is 1. The van der Waals surface area contributed by atoms with Crippen LogP contribution in [0.25, 0.3) is 0 Å². The van der Waals surface area contributed by atoms with Crippen LogP contribution in [-0.4, -0.2) is 11.5 Å². The van der Waals surface area contributed by atoms with Gasteiger partial charge in [0.2, 0.25) is 0 Å². The zero-order valence-electron chi connectivity index (χ0n) is 12.8. The zero-order chi connectivity index (χ0) is 15.1. The average molecular weight is 286 g/mol. The van der Waals surface area contributed by atoms with Gasteiger partial charge in [-0.2, -0.15) is 0 Å². The van der Waals surface area contributed by atoms with Crippen LogP contribution in [0.5, 0.6) is 0 Å². The molecule has 1 N–H and O–H groups in total. The van der Waals surface area contributed by atoms with Gasteiger partial charge in [-0.25, -0.2) is 4.39 Å². The molecule has 0 aliphatic heterocycles. The lowest BCUT2D eigenvalue weighted by Gasteiger charge is -2.21. The second-order valence-corrected chi connectivity index (χ2v) is 5.37. The molecular weight excluding hydrogens is 263 g/mol. The highest BCUT2D eigenvalue weighted by Gasteiger charge is 2.14. The highest BCUT2D eigenvalue weighted by atomic mass is 19.1. The Morgan fingerprint density at radius 1 is 1.24 bits per heavy atom. The minimum atomic E-state index is -0.171. The second-order valence-electron chi connectivity index (χ2n) is 5.37. The number of benzene rings is 1. The lowest BCUT2D eigenvalue weighted by molar-refractivity contribution is 0.494. The summed E-state index contributed by atoms with van der Waals surface area (Å²) in [5.41, 5.74) is 3.28. The van der Waals surface area contributed by atoms with Crippen LogP contribution >= 0.6 is 0 Å². The molecule has 0 saturated carbocycles. The lowest BCUT2D eigenvalue weighted by atomic mass is 9.96. The predicted molar refractivity (Wildman–Crippen MR) is 84.7 cm³/mol. The van der Waals surface area contributed by atoms with Crippen molar-refractivity contribution in [1.82, 2.24) is 10.3 Å². The molecule has 21 heavy (non-hydrogen) atoms. The Balaban J connectivity index is 2.10. The van der Waals surface area contributed by atoms with Crippen molar-refractivity contribution < 1.29 is 4.39 Å². The van der Waals surface area contributed by atoms with Crippen LogP contribution in [0.4, 0.5) is 4.39 Å². The largest absolute Gasteiger partial charge is 0.310 e. The molecule has 1 aromatic carbocycles. The maximum Gasteiger partial charge on any atom is 0.123 e. The standard InChI is InChI=1S/C18H23FN2/c1-3-11-21-18(10-8-16-6-4-5-12-20-16)17-9-7-15(19)13-14(17)2/h4-7,9,12-13,18,21H,3,8,10-11H2,1-2H3. The van der Waals surface area contributed by atoms with Crippen LogP contribution in [0.15, 0.2) is 42.6 Å². The van der Waals surface area contributed by atoms with Crippen LogP contribution in [-0.2, 0) is 6.42 Å². The molecule has 0 bridgehead atoms. The van der Waals surface area contributed by atoms with E-state index in [1.807, 2.05) is 37.4 Å². The Kier molecular flexibility index (Phi) is 5.88. The van der Waals surface area contributed by atoms with E-state index in [4.69, 9.17) is 0 Å². The summed E-state index contributed by atoms with van der Waals surface area (Å²) in [5, 5.41) is 3.57. The van der Waals surface area contributed by atoms with Gasteiger partial charge in [0.15, 0.2) is 0 Å². The van der Waals surface area contributed by atoms with Gasteiger partial charge in [-0.05, 0) is 68.1 Å². The summed E-state index contributed by atoms with van der Waals surface area (Å²) in [7, 11) is 0. The molecule has 1 unspecified atom stereocenters. The Morgan fingerprint density at radius 2 is 2.10 bits per heavy atom. The van der Waals surface area contributed by atoms with Gasteiger partial charge >= 0.3 is 0 Å². The van der Waals surface area contributed by atoms with E-state index in [0.29, 0.717) is 0 Å². The number of nitrogens with zero attached hydrogens (tertiary/aromatic N) is 1. The number of pyridine rings is 1.